The molecule has 32 heavy (non-hydrogen) atoms. The molecule has 1 aromatic carbocycles. The molecule has 3 fully saturated rings. The summed E-state index contributed by atoms with van der Waals surface area (Å²) in [6.07, 6.45) is 6.27. The van der Waals surface area contributed by atoms with Crippen LogP contribution in [0.4, 0.5) is 5.82 Å². The van der Waals surface area contributed by atoms with E-state index in [-0.39, 0.29) is 16.9 Å². The molecule has 0 amide bonds. The van der Waals surface area contributed by atoms with Crippen molar-refractivity contribution >= 4 is 27.2 Å². The number of aliphatic hydroxyl groups excluding tert-OH is 1. The summed E-state index contributed by atoms with van der Waals surface area (Å²) < 4.78 is 29.3. The Morgan fingerprint density at radius 3 is 2.62 bits per heavy atom. The number of hydrogen-bond acceptors (Lipinski definition) is 8. The fourth-order valence-corrected chi connectivity index (χ4v) is 7.35. The quantitative estimate of drug-likeness (QED) is 0.503. The minimum absolute atomic E-state index is 0.105. The van der Waals surface area contributed by atoms with Crippen LogP contribution in [0.5, 0.6) is 0 Å². The van der Waals surface area contributed by atoms with E-state index in [9.17, 15) is 13.5 Å². The lowest BCUT2D eigenvalue weighted by Gasteiger charge is -2.46. The van der Waals surface area contributed by atoms with Crippen LogP contribution in [0.1, 0.15) is 36.3 Å². The number of anilines is 1. The number of fused-ring (bicyclic) bond motifs is 1. The number of rotatable bonds is 6. The number of aliphatic hydroxyl groups is 1. The zero-order chi connectivity index (χ0) is 22.7. The summed E-state index contributed by atoms with van der Waals surface area (Å²) in [6, 6.07) is 5.04. The van der Waals surface area contributed by atoms with Crippen LogP contribution in [-0.4, -0.2) is 40.6 Å². The van der Waals surface area contributed by atoms with Crippen LogP contribution in [0.15, 0.2) is 35.5 Å². The molecule has 0 saturated heterocycles. The van der Waals surface area contributed by atoms with E-state index in [2.05, 4.69) is 14.7 Å². The van der Waals surface area contributed by atoms with Crippen LogP contribution in [0, 0.1) is 19.3 Å². The van der Waals surface area contributed by atoms with Crippen molar-refractivity contribution in [1.29, 1.82) is 0 Å². The highest BCUT2D eigenvalue weighted by molar-refractivity contribution is 7.89. The monoisotopic (exact) mass is 471 g/mol. The number of thiazole rings is 1. The molecule has 168 valence electrons. The molecule has 3 aromatic rings. The Labute approximate surface area is 191 Å². The number of benzene rings is 1. The second kappa shape index (κ2) is 7.31. The lowest BCUT2D eigenvalue weighted by atomic mass is 9.66. The zero-order valence-electron chi connectivity index (χ0n) is 17.9. The van der Waals surface area contributed by atoms with Gasteiger partial charge in [0.25, 0.3) is 0 Å². The van der Waals surface area contributed by atoms with E-state index >= 15 is 0 Å². The first-order chi connectivity index (χ1) is 15.1. The third-order valence-electron chi connectivity index (χ3n) is 6.70. The average molecular weight is 472 g/mol. The highest BCUT2D eigenvalue weighted by Gasteiger charge is 2.61. The van der Waals surface area contributed by atoms with E-state index in [1.165, 1.54) is 11.3 Å². The van der Waals surface area contributed by atoms with Crippen molar-refractivity contribution in [2.75, 3.05) is 12.3 Å². The molecule has 0 unspecified atom stereocenters. The molecule has 0 radical (unpaired) electrons. The van der Waals surface area contributed by atoms with Gasteiger partial charge in [0.2, 0.25) is 10.0 Å². The topological polar surface area (TPSA) is 131 Å². The van der Waals surface area contributed by atoms with Gasteiger partial charge in [-0.15, -0.1) is 11.3 Å². The Morgan fingerprint density at radius 2 is 1.97 bits per heavy atom. The van der Waals surface area contributed by atoms with E-state index in [0.717, 1.165) is 28.3 Å². The number of hydrogen-bond donors (Lipinski definition) is 3. The fraction of sp³-hybridized carbons (Fsp3) is 0.409. The minimum atomic E-state index is -3.73. The Hall–Kier alpha value is -2.40. The molecule has 3 saturated carbocycles. The van der Waals surface area contributed by atoms with E-state index in [1.807, 2.05) is 13.8 Å². The molecular formula is C22H25N5O3S2. The molecule has 0 spiro atoms. The largest absolute Gasteiger partial charge is 0.396 e. The lowest BCUT2D eigenvalue weighted by Crippen LogP contribution is -2.56. The predicted octanol–water partition coefficient (Wildman–Crippen LogP) is 3.05. The molecule has 2 bridgehead atoms. The Morgan fingerprint density at radius 1 is 1.19 bits per heavy atom. The first kappa shape index (κ1) is 21.4. The smallest absolute Gasteiger partial charge is 0.241 e. The number of nitrogens with one attached hydrogen (secondary N) is 1. The SMILES string of the molecule is Cc1ncc(-c2nc(-c3cc(S(=O)(=O)NC45CCC(CO)(C4)C5)ccc3C)cnc2N)s1. The van der Waals surface area contributed by atoms with Crippen LogP contribution in [0.25, 0.3) is 21.8 Å². The van der Waals surface area contributed by atoms with Crippen molar-refractivity contribution in [3.8, 4) is 21.8 Å². The summed E-state index contributed by atoms with van der Waals surface area (Å²) in [5.74, 6) is 0.304. The van der Waals surface area contributed by atoms with Crippen molar-refractivity contribution in [2.45, 2.75) is 50.0 Å². The van der Waals surface area contributed by atoms with Gasteiger partial charge >= 0.3 is 0 Å². The van der Waals surface area contributed by atoms with Gasteiger partial charge in [-0.1, -0.05) is 6.07 Å². The van der Waals surface area contributed by atoms with Gasteiger partial charge in [-0.2, -0.15) is 0 Å². The van der Waals surface area contributed by atoms with Crippen molar-refractivity contribution < 1.29 is 13.5 Å². The molecule has 10 heteroatoms. The van der Waals surface area contributed by atoms with Crippen molar-refractivity contribution in [2.24, 2.45) is 5.41 Å². The molecule has 3 aliphatic carbocycles. The normalized spacial score (nSPS) is 24.5. The van der Waals surface area contributed by atoms with Crippen molar-refractivity contribution in [3.63, 3.8) is 0 Å². The van der Waals surface area contributed by atoms with Crippen molar-refractivity contribution in [1.82, 2.24) is 19.7 Å². The maximum atomic E-state index is 13.2. The standard InChI is InChI=1S/C22H25N5O3S2/c1-13-3-4-15(32(29,30)27-22-6-5-21(10-22,11-22)12-28)7-16(13)17-8-25-20(23)19(26-17)18-9-24-14(2)31-18/h3-4,7-9,27-28H,5-6,10-12H2,1-2H3,(H2,23,25). The molecule has 8 nitrogen and oxygen atoms in total. The number of nitrogen functional groups attached to an aromatic ring is 1. The van der Waals surface area contributed by atoms with Gasteiger partial charge in [0.1, 0.15) is 5.69 Å². The van der Waals surface area contributed by atoms with Crippen LogP contribution in [-0.2, 0) is 10.0 Å². The summed E-state index contributed by atoms with van der Waals surface area (Å²) in [6.45, 7) is 3.93. The van der Waals surface area contributed by atoms with Crippen LogP contribution >= 0.6 is 11.3 Å². The minimum Gasteiger partial charge on any atom is -0.396 e. The second-order valence-corrected chi connectivity index (χ2v) is 12.0. The first-order valence-electron chi connectivity index (χ1n) is 10.5. The van der Waals surface area contributed by atoms with Crippen molar-refractivity contribution in [3.05, 3.63) is 41.2 Å². The van der Waals surface area contributed by atoms with Gasteiger partial charge < -0.3 is 10.8 Å². The fourth-order valence-electron chi connectivity index (χ4n) is 5.12. The number of nitrogens with two attached hydrogens (primary N) is 1. The van der Waals surface area contributed by atoms with E-state index in [0.29, 0.717) is 35.6 Å². The number of nitrogens with zero attached hydrogens (tertiary/aromatic N) is 3. The number of sulfonamides is 1. The molecule has 3 aliphatic rings. The van der Waals surface area contributed by atoms with Gasteiger partial charge in [-0.05, 0) is 62.6 Å². The molecule has 0 aliphatic heterocycles. The average Bonchev–Trinajstić information content (AvgIpc) is 3.41. The lowest BCUT2D eigenvalue weighted by molar-refractivity contribution is 0.0336. The number of aryl methyl sites for hydroxylation is 2. The predicted molar refractivity (Wildman–Crippen MR) is 124 cm³/mol. The molecular weight excluding hydrogens is 446 g/mol. The Bertz CT molecular complexity index is 1310. The summed E-state index contributed by atoms with van der Waals surface area (Å²) >= 11 is 1.48. The highest BCUT2D eigenvalue weighted by Crippen LogP contribution is 2.61. The molecule has 2 aromatic heterocycles. The van der Waals surface area contributed by atoms with Gasteiger partial charge in [0, 0.05) is 23.9 Å². The van der Waals surface area contributed by atoms with Crippen LogP contribution in [0.2, 0.25) is 0 Å². The van der Waals surface area contributed by atoms with E-state index in [1.54, 1.807) is 30.6 Å². The summed E-state index contributed by atoms with van der Waals surface area (Å²) in [4.78, 5) is 14.3. The second-order valence-electron chi connectivity index (χ2n) is 9.11. The maximum Gasteiger partial charge on any atom is 0.241 e. The third-order valence-corrected chi connectivity index (χ3v) is 9.19. The molecule has 6 rings (SSSR count). The zero-order valence-corrected chi connectivity index (χ0v) is 19.6. The Kier molecular flexibility index (Phi) is 4.90. The van der Waals surface area contributed by atoms with Crippen LogP contribution < -0.4 is 10.5 Å². The first-order valence-corrected chi connectivity index (χ1v) is 12.8. The van der Waals surface area contributed by atoms with E-state index in [4.69, 9.17) is 10.7 Å². The third kappa shape index (κ3) is 3.51. The summed E-state index contributed by atoms with van der Waals surface area (Å²) in [5.41, 5.74) is 8.18. The van der Waals surface area contributed by atoms with Gasteiger partial charge in [0.05, 0.1) is 26.7 Å². The van der Waals surface area contributed by atoms with E-state index < -0.39 is 15.6 Å². The maximum absolute atomic E-state index is 13.2. The number of aromatic nitrogens is 3. The van der Waals surface area contributed by atoms with Crippen LogP contribution in [0.3, 0.4) is 0 Å². The summed E-state index contributed by atoms with van der Waals surface area (Å²) in [7, 11) is -3.73. The van der Waals surface area contributed by atoms with Gasteiger partial charge in [-0.3, -0.25) is 0 Å². The molecule has 4 N–H and O–H groups in total. The Balaban J connectivity index is 1.48. The molecule has 2 heterocycles. The molecule has 0 atom stereocenters. The summed E-state index contributed by atoms with van der Waals surface area (Å²) in [5, 5.41) is 10.5. The van der Waals surface area contributed by atoms with Gasteiger partial charge in [-0.25, -0.2) is 28.1 Å². The van der Waals surface area contributed by atoms with Gasteiger partial charge in [0.15, 0.2) is 5.82 Å². The highest BCUT2D eigenvalue weighted by atomic mass is 32.2.